The lowest BCUT2D eigenvalue weighted by atomic mass is 9.76. The number of hydrogen-bond donors (Lipinski definition) is 2. The molecule has 0 bridgehead atoms. The predicted molar refractivity (Wildman–Crippen MR) is 47.1 cm³/mol. The van der Waals surface area contributed by atoms with E-state index in [4.69, 9.17) is 5.21 Å². The van der Waals surface area contributed by atoms with Gasteiger partial charge in [-0.1, -0.05) is 18.2 Å². The van der Waals surface area contributed by atoms with Crippen LogP contribution in [0.25, 0.3) is 0 Å². The van der Waals surface area contributed by atoms with Crippen molar-refractivity contribution >= 4 is 0 Å². The van der Waals surface area contributed by atoms with Gasteiger partial charge >= 0.3 is 0 Å². The van der Waals surface area contributed by atoms with E-state index < -0.39 is 0 Å². The van der Waals surface area contributed by atoms with Crippen LogP contribution in [0.2, 0.25) is 0 Å². The predicted octanol–water partition coefficient (Wildman–Crippen LogP) is 2.05. The minimum absolute atomic E-state index is 0.135. The molecule has 1 aliphatic rings. The van der Waals surface area contributed by atoms with Crippen LogP contribution >= 0.6 is 0 Å². The van der Waals surface area contributed by atoms with Gasteiger partial charge in [-0.15, -0.1) is 0 Å². The highest BCUT2D eigenvalue weighted by Crippen LogP contribution is 2.37. The highest BCUT2D eigenvalue weighted by molar-refractivity contribution is 5.24. The Morgan fingerprint density at radius 1 is 1.31 bits per heavy atom. The number of benzene rings is 1. The van der Waals surface area contributed by atoms with Crippen LogP contribution in [0, 0.1) is 5.82 Å². The molecule has 1 saturated carbocycles. The number of rotatable bonds is 2. The van der Waals surface area contributed by atoms with E-state index in [2.05, 4.69) is 5.48 Å². The smallest absolute Gasteiger partial charge is 0.126 e. The number of hydrogen-bond acceptors (Lipinski definition) is 2. The summed E-state index contributed by atoms with van der Waals surface area (Å²) in [5.74, 6) is 0.134. The Labute approximate surface area is 76.3 Å². The van der Waals surface area contributed by atoms with E-state index in [1.54, 1.807) is 6.07 Å². The van der Waals surface area contributed by atoms with Gasteiger partial charge in [-0.3, -0.25) is 0 Å². The Morgan fingerprint density at radius 3 is 2.62 bits per heavy atom. The molecule has 1 aromatic rings. The van der Waals surface area contributed by atoms with Crippen LogP contribution < -0.4 is 5.48 Å². The van der Waals surface area contributed by atoms with Crippen LogP contribution in [0.5, 0.6) is 0 Å². The van der Waals surface area contributed by atoms with E-state index in [0.29, 0.717) is 0 Å². The van der Waals surface area contributed by atoms with Crippen LogP contribution in [0.4, 0.5) is 4.39 Å². The maximum atomic E-state index is 13.2. The summed E-state index contributed by atoms with van der Waals surface area (Å²) in [5, 5.41) is 8.58. The fraction of sp³-hybridized carbons (Fsp3) is 0.400. The average molecular weight is 181 g/mol. The number of hydroxylamine groups is 1. The van der Waals surface area contributed by atoms with Crippen LogP contribution in [-0.4, -0.2) is 11.2 Å². The van der Waals surface area contributed by atoms with Crippen LogP contribution in [-0.2, 0) is 0 Å². The van der Waals surface area contributed by atoms with Crippen molar-refractivity contribution in [2.24, 2.45) is 0 Å². The molecule has 0 amide bonds. The molecule has 1 aliphatic carbocycles. The first-order valence-electron chi connectivity index (χ1n) is 4.45. The molecule has 2 N–H and O–H groups in total. The third-order valence-electron chi connectivity index (χ3n) is 2.67. The summed E-state index contributed by atoms with van der Waals surface area (Å²) in [4.78, 5) is 0. The monoisotopic (exact) mass is 181 g/mol. The van der Waals surface area contributed by atoms with Crippen molar-refractivity contribution in [2.45, 2.75) is 24.8 Å². The maximum Gasteiger partial charge on any atom is 0.126 e. The lowest BCUT2D eigenvalue weighted by molar-refractivity contribution is 0.0775. The van der Waals surface area contributed by atoms with Gasteiger partial charge in [0.25, 0.3) is 0 Å². The lowest BCUT2D eigenvalue weighted by Crippen LogP contribution is -2.38. The molecule has 0 atom stereocenters. The molecule has 0 aromatic heterocycles. The molecule has 1 aromatic carbocycles. The van der Waals surface area contributed by atoms with Crippen molar-refractivity contribution in [1.82, 2.24) is 5.48 Å². The molecule has 0 aliphatic heterocycles. The van der Waals surface area contributed by atoms with Crippen molar-refractivity contribution in [3.05, 3.63) is 35.6 Å². The van der Waals surface area contributed by atoms with Gasteiger partial charge in [0, 0.05) is 6.04 Å². The minimum Gasteiger partial charge on any atom is -0.317 e. The summed E-state index contributed by atoms with van der Waals surface area (Å²) in [5.41, 5.74) is 2.97. The van der Waals surface area contributed by atoms with Crippen LogP contribution in [0.1, 0.15) is 24.3 Å². The largest absolute Gasteiger partial charge is 0.317 e. The Kier molecular flexibility index (Phi) is 2.29. The highest BCUT2D eigenvalue weighted by Gasteiger charge is 2.31. The minimum atomic E-state index is -0.135. The molecule has 70 valence electrons. The molecule has 0 saturated heterocycles. The Morgan fingerprint density at radius 2 is 2.00 bits per heavy atom. The summed E-state index contributed by atoms with van der Waals surface area (Å²) in [6.07, 6.45) is 1.63. The first-order valence-corrected chi connectivity index (χ1v) is 4.45. The second-order valence-corrected chi connectivity index (χ2v) is 3.52. The van der Waals surface area contributed by atoms with Gasteiger partial charge in [-0.25, -0.2) is 9.87 Å². The van der Waals surface area contributed by atoms with Crippen molar-refractivity contribution in [1.29, 1.82) is 0 Å². The zero-order chi connectivity index (χ0) is 9.26. The average Bonchev–Trinajstić information content (AvgIpc) is 2.06. The first kappa shape index (κ1) is 8.66. The molecule has 2 rings (SSSR count). The molecule has 0 radical (unpaired) electrons. The third kappa shape index (κ3) is 1.57. The summed E-state index contributed by atoms with van der Waals surface area (Å²) in [7, 11) is 0. The van der Waals surface area contributed by atoms with E-state index in [1.165, 1.54) is 6.07 Å². The fourth-order valence-corrected chi connectivity index (χ4v) is 1.78. The number of halogens is 1. The van der Waals surface area contributed by atoms with Crippen molar-refractivity contribution in [3.8, 4) is 0 Å². The molecular weight excluding hydrogens is 169 g/mol. The molecule has 13 heavy (non-hydrogen) atoms. The van der Waals surface area contributed by atoms with E-state index in [1.807, 2.05) is 12.1 Å². The van der Waals surface area contributed by atoms with Gasteiger partial charge in [0.05, 0.1) is 0 Å². The highest BCUT2D eigenvalue weighted by atomic mass is 19.1. The molecule has 2 nitrogen and oxygen atoms in total. The van der Waals surface area contributed by atoms with E-state index in [0.717, 1.165) is 18.4 Å². The van der Waals surface area contributed by atoms with Crippen molar-refractivity contribution < 1.29 is 9.60 Å². The van der Waals surface area contributed by atoms with Crippen molar-refractivity contribution in [2.75, 3.05) is 0 Å². The molecule has 1 fully saturated rings. The summed E-state index contributed by atoms with van der Waals surface area (Å²) in [6, 6.07) is 6.98. The fourth-order valence-electron chi connectivity index (χ4n) is 1.78. The van der Waals surface area contributed by atoms with Gasteiger partial charge in [0.1, 0.15) is 5.82 Å². The zero-order valence-electron chi connectivity index (χ0n) is 7.20. The van der Waals surface area contributed by atoms with E-state index in [9.17, 15) is 4.39 Å². The topological polar surface area (TPSA) is 32.3 Å². The first-order chi connectivity index (χ1) is 6.31. The Hall–Kier alpha value is -0.930. The van der Waals surface area contributed by atoms with Gasteiger partial charge in [0.15, 0.2) is 0 Å². The third-order valence-corrected chi connectivity index (χ3v) is 2.67. The van der Waals surface area contributed by atoms with Crippen molar-refractivity contribution in [3.63, 3.8) is 0 Å². The molecular formula is C10H12FNO. The van der Waals surface area contributed by atoms with Gasteiger partial charge < -0.3 is 5.21 Å². The second kappa shape index (κ2) is 3.44. The molecule has 0 unspecified atom stereocenters. The van der Waals surface area contributed by atoms with Gasteiger partial charge in [-0.2, -0.15) is 0 Å². The lowest BCUT2D eigenvalue weighted by Gasteiger charge is -2.34. The number of nitrogens with one attached hydrogen (secondary N) is 1. The summed E-state index contributed by atoms with van der Waals surface area (Å²) < 4.78 is 13.2. The molecule has 0 spiro atoms. The Bertz CT molecular complexity index is 297. The van der Waals surface area contributed by atoms with E-state index >= 15 is 0 Å². The summed E-state index contributed by atoms with van der Waals surface area (Å²) >= 11 is 0. The maximum absolute atomic E-state index is 13.2. The van der Waals surface area contributed by atoms with E-state index in [-0.39, 0.29) is 17.8 Å². The van der Waals surface area contributed by atoms with Crippen LogP contribution in [0.3, 0.4) is 0 Å². The Balaban J connectivity index is 2.07. The SMILES string of the molecule is ONC1CC(c2ccccc2F)C1. The standard InChI is InChI=1S/C10H12FNO/c11-10-4-2-1-3-9(10)7-5-8(6-7)12-13/h1-4,7-8,12-13H,5-6H2. The van der Waals surface area contributed by atoms with Gasteiger partial charge in [0.2, 0.25) is 0 Å². The molecule has 3 heteroatoms. The van der Waals surface area contributed by atoms with Crippen LogP contribution in [0.15, 0.2) is 24.3 Å². The zero-order valence-corrected chi connectivity index (χ0v) is 7.20. The summed E-state index contributed by atoms with van der Waals surface area (Å²) in [6.45, 7) is 0. The quantitative estimate of drug-likeness (QED) is 0.684. The normalized spacial score (nSPS) is 26.9. The second-order valence-electron chi connectivity index (χ2n) is 3.52. The van der Waals surface area contributed by atoms with Gasteiger partial charge in [-0.05, 0) is 30.4 Å². The molecule has 0 heterocycles.